The molecule has 0 aliphatic carbocycles. The fourth-order valence-corrected chi connectivity index (χ4v) is 7.98. The number of fused-ring (bicyclic) bond motifs is 4. The smallest absolute Gasteiger partial charge is 0.319 e. The maximum absolute atomic E-state index is 16.8. The van der Waals surface area contributed by atoms with Gasteiger partial charge < -0.3 is 20.5 Å². The number of rotatable bonds is 5. The Bertz CT molecular complexity index is 1980. The summed E-state index contributed by atoms with van der Waals surface area (Å²) in [6.07, 6.45) is 6.65. The van der Waals surface area contributed by atoms with E-state index in [-0.39, 0.29) is 38.5 Å². The van der Waals surface area contributed by atoms with E-state index in [4.69, 9.17) is 15.5 Å². The molecule has 3 N–H and O–H groups in total. The van der Waals surface area contributed by atoms with Crippen molar-refractivity contribution in [3.8, 4) is 23.0 Å². The zero-order chi connectivity index (χ0) is 30.9. The quantitative estimate of drug-likeness (QED) is 0.239. The fraction of sp³-hybridized carbons (Fsp3) is 0.375. The van der Waals surface area contributed by atoms with Crippen LogP contribution in [-0.2, 0) is 13.1 Å². The Morgan fingerprint density at radius 3 is 2.67 bits per heavy atom. The van der Waals surface area contributed by atoms with Crippen molar-refractivity contribution in [3.05, 3.63) is 58.3 Å². The lowest BCUT2D eigenvalue weighted by Crippen LogP contribution is -2.43. The van der Waals surface area contributed by atoms with Gasteiger partial charge in [0.1, 0.15) is 41.0 Å². The predicted molar refractivity (Wildman–Crippen MR) is 170 cm³/mol. The summed E-state index contributed by atoms with van der Waals surface area (Å²) in [5, 5.41) is 16.3. The summed E-state index contributed by atoms with van der Waals surface area (Å²) in [4.78, 5) is 18.6. The van der Waals surface area contributed by atoms with Crippen LogP contribution in [0.4, 0.5) is 20.4 Å². The minimum absolute atomic E-state index is 0.0356. The highest BCUT2D eigenvalue weighted by Crippen LogP contribution is 2.42. The third-order valence-electron chi connectivity index (χ3n) is 9.50. The van der Waals surface area contributed by atoms with Crippen molar-refractivity contribution in [1.29, 1.82) is 0 Å². The molecule has 45 heavy (non-hydrogen) atoms. The molecule has 0 spiro atoms. The number of nitrogens with two attached hydrogens (primary N) is 1. The third-order valence-corrected chi connectivity index (χ3v) is 10.3. The minimum atomic E-state index is -0.713. The first-order valence-electron chi connectivity index (χ1n) is 15.2. The molecular formula is C32H31BrF2N8O2. The second-order valence-corrected chi connectivity index (χ2v) is 13.0. The van der Waals surface area contributed by atoms with Crippen LogP contribution in [0.2, 0.25) is 0 Å². The fourth-order valence-electron chi connectivity index (χ4n) is 7.41. The Hall–Kier alpha value is -4.10. The molecule has 8 rings (SSSR count). The molecule has 2 fully saturated rings. The molecule has 3 aromatic heterocycles. The molecule has 6 heterocycles. The molecule has 10 nitrogen and oxygen atoms in total. The SMILES string of the molecule is Nc1cc2n(n1)CCCN(c1nc(OCC34CCCN3CCC4)nc3c(F)c(-c4cc(O)cc5ccc(F)c(Br)c45)ncc13)C2. The Kier molecular flexibility index (Phi) is 6.79. The molecule has 0 bridgehead atoms. The van der Waals surface area contributed by atoms with Gasteiger partial charge >= 0.3 is 6.01 Å². The van der Waals surface area contributed by atoms with Gasteiger partial charge in [-0.25, -0.2) is 8.78 Å². The van der Waals surface area contributed by atoms with Crippen molar-refractivity contribution in [3.63, 3.8) is 0 Å². The Morgan fingerprint density at radius 1 is 1.02 bits per heavy atom. The summed E-state index contributed by atoms with van der Waals surface area (Å²) in [6, 6.07) is 7.65. The highest BCUT2D eigenvalue weighted by Gasteiger charge is 2.45. The molecule has 5 aromatic rings. The monoisotopic (exact) mass is 676 g/mol. The molecule has 232 valence electrons. The second-order valence-electron chi connectivity index (χ2n) is 12.2. The van der Waals surface area contributed by atoms with Crippen molar-refractivity contribution in [1.82, 2.24) is 29.6 Å². The van der Waals surface area contributed by atoms with Crippen LogP contribution in [0.3, 0.4) is 0 Å². The number of hydrogen-bond donors (Lipinski definition) is 2. The number of phenols is 1. The summed E-state index contributed by atoms with van der Waals surface area (Å²) in [5.74, 6) is -0.374. The molecule has 2 saturated heterocycles. The lowest BCUT2D eigenvalue weighted by Gasteiger charge is -2.31. The number of phenolic OH excluding ortho intramolecular Hbond substituents is 1. The van der Waals surface area contributed by atoms with Crippen LogP contribution in [0.1, 0.15) is 37.8 Å². The van der Waals surface area contributed by atoms with Crippen molar-refractivity contribution in [2.45, 2.75) is 50.7 Å². The van der Waals surface area contributed by atoms with Crippen LogP contribution in [0.5, 0.6) is 11.8 Å². The zero-order valence-electron chi connectivity index (χ0n) is 24.4. The van der Waals surface area contributed by atoms with Gasteiger partial charge in [0.25, 0.3) is 0 Å². The second kappa shape index (κ2) is 10.8. The van der Waals surface area contributed by atoms with E-state index in [0.29, 0.717) is 54.0 Å². The number of aromatic nitrogens is 5. The van der Waals surface area contributed by atoms with Gasteiger partial charge in [0.2, 0.25) is 0 Å². The highest BCUT2D eigenvalue weighted by atomic mass is 79.9. The molecule has 13 heteroatoms. The largest absolute Gasteiger partial charge is 0.508 e. The van der Waals surface area contributed by atoms with Crippen LogP contribution in [-0.4, -0.2) is 66.5 Å². The number of nitrogen functional groups attached to an aromatic ring is 1. The molecule has 3 aliphatic heterocycles. The lowest BCUT2D eigenvalue weighted by molar-refractivity contribution is 0.108. The van der Waals surface area contributed by atoms with Gasteiger partial charge in [0.15, 0.2) is 5.82 Å². The van der Waals surface area contributed by atoms with Gasteiger partial charge in [-0.15, -0.1) is 0 Å². The van der Waals surface area contributed by atoms with Crippen molar-refractivity contribution < 1.29 is 18.6 Å². The van der Waals surface area contributed by atoms with Crippen LogP contribution < -0.4 is 15.4 Å². The number of nitrogens with zero attached hydrogens (tertiary/aromatic N) is 7. The molecule has 3 aliphatic rings. The summed E-state index contributed by atoms with van der Waals surface area (Å²) in [7, 11) is 0. The highest BCUT2D eigenvalue weighted by molar-refractivity contribution is 9.10. The van der Waals surface area contributed by atoms with E-state index in [1.54, 1.807) is 6.20 Å². The molecule has 0 radical (unpaired) electrons. The van der Waals surface area contributed by atoms with E-state index < -0.39 is 11.6 Å². The maximum atomic E-state index is 16.8. The van der Waals surface area contributed by atoms with E-state index in [9.17, 15) is 9.50 Å². The van der Waals surface area contributed by atoms with Gasteiger partial charge in [0, 0.05) is 36.3 Å². The average molecular weight is 678 g/mol. The number of anilines is 2. The third kappa shape index (κ3) is 4.75. The molecular weight excluding hydrogens is 646 g/mol. The van der Waals surface area contributed by atoms with Gasteiger partial charge in [0.05, 0.1) is 27.6 Å². The van der Waals surface area contributed by atoms with E-state index in [0.717, 1.165) is 50.9 Å². The van der Waals surface area contributed by atoms with E-state index in [1.165, 1.54) is 24.3 Å². The lowest BCUT2D eigenvalue weighted by atomic mass is 9.95. The predicted octanol–water partition coefficient (Wildman–Crippen LogP) is 5.79. The van der Waals surface area contributed by atoms with Crippen LogP contribution >= 0.6 is 15.9 Å². The summed E-state index contributed by atoms with van der Waals surface area (Å²) in [5.41, 5.74) is 7.08. The van der Waals surface area contributed by atoms with Crippen molar-refractivity contribution in [2.24, 2.45) is 0 Å². The van der Waals surface area contributed by atoms with Crippen molar-refractivity contribution >= 4 is 49.2 Å². The van der Waals surface area contributed by atoms with Gasteiger partial charge in [-0.1, -0.05) is 6.07 Å². The number of pyridine rings is 1. The Morgan fingerprint density at radius 2 is 1.84 bits per heavy atom. The van der Waals surface area contributed by atoms with E-state index in [1.807, 2.05) is 10.7 Å². The number of aryl methyl sites for hydroxylation is 1. The number of aromatic hydroxyl groups is 1. The maximum Gasteiger partial charge on any atom is 0.319 e. The molecule has 0 unspecified atom stereocenters. The van der Waals surface area contributed by atoms with Gasteiger partial charge in [-0.2, -0.15) is 15.1 Å². The molecule has 0 saturated carbocycles. The van der Waals surface area contributed by atoms with Crippen LogP contribution in [0.25, 0.3) is 32.9 Å². The molecule has 0 amide bonds. The number of benzene rings is 2. The molecule has 2 aromatic carbocycles. The number of ether oxygens (including phenoxy) is 1. The summed E-state index contributed by atoms with van der Waals surface area (Å²) < 4.78 is 39.9. The van der Waals surface area contributed by atoms with E-state index in [2.05, 4.69) is 40.8 Å². The summed E-state index contributed by atoms with van der Waals surface area (Å²) in [6.45, 7) is 4.31. The summed E-state index contributed by atoms with van der Waals surface area (Å²) >= 11 is 3.32. The van der Waals surface area contributed by atoms with E-state index >= 15 is 4.39 Å². The van der Waals surface area contributed by atoms with Crippen LogP contribution in [0.15, 0.2) is 41.0 Å². The standard InChI is InChI=1S/C32H31BrF2N8O2/c33-26-23(34)5-4-18-12-20(44)14-21(25(18)26)28-27(35)29-22(15-37-28)30(41-8-3-11-43-19(16-41)13-24(36)40-43)39-31(38-29)45-17-32-6-1-9-42(32)10-2-7-32/h4-5,12-15,44H,1-3,6-11,16-17H2,(H2,36,40). The first-order chi connectivity index (χ1) is 21.8. The van der Waals surface area contributed by atoms with Crippen LogP contribution in [0, 0.1) is 11.6 Å². The Balaban J connectivity index is 1.28. The zero-order valence-corrected chi connectivity index (χ0v) is 26.0. The Labute approximate surface area is 266 Å². The normalized spacial score (nSPS) is 18.0. The average Bonchev–Trinajstić information content (AvgIpc) is 3.67. The first kappa shape index (κ1) is 28.4. The van der Waals surface area contributed by atoms with Gasteiger partial charge in [-0.3, -0.25) is 14.6 Å². The topological polar surface area (TPSA) is 118 Å². The minimum Gasteiger partial charge on any atom is -0.508 e. The first-order valence-corrected chi connectivity index (χ1v) is 16.0. The van der Waals surface area contributed by atoms with Gasteiger partial charge in [-0.05, 0) is 84.7 Å². The number of halogens is 3. The molecule has 0 atom stereocenters. The van der Waals surface area contributed by atoms with Crippen molar-refractivity contribution in [2.75, 3.05) is 36.9 Å². The number of hydrogen-bond acceptors (Lipinski definition) is 9.